The molecule has 8 aromatic rings. The van der Waals surface area contributed by atoms with Gasteiger partial charge in [-0.25, -0.2) is 0 Å². The van der Waals surface area contributed by atoms with E-state index in [2.05, 4.69) is 35.9 Å². The second kappa shape index (κ2) is 16.5. The van der Waals surface area contributed by atoms with Crippen molar-refractivity contribution in [1.29, 1.82) is 0 Å². The van der Waals surface area contributed by atoms with Crippen LogP contribution in [0, 0.1) is 45.0 Å². The number of aryl methyl sites for hydroxylation is 4. The van der Waals surface area contributed by atoms with Crippen LogP contribution in [0.1, 0.15) is 97.9 Å². The van der Waals surface area contributed by atoms with Crippen LogP contribution < -0.4 is 0 Å². The molecule has 1 saturated carbocycles. The molecule has 1 aliphatic carbocycles. The number of para-hydroxylation sites is 1. The molecule has 0 atom stereocenters. The van der Waals surface area contributed by atoms with E-state index in [0.29, 0.717) is 57.1 Å². The van der Waals surface area contributed by atoms with Gasteiger partial charge in [0.25, 0.3) is 0 Å². The number of hydrogen-bond acceptors (Lipinski definition) is 3. The molecule has 3 nitrogen and oxygen atoms in total. The molecule has 283 valence electrons. The fourth-order valence-electron chi connectivity index (χ4n) is 7.00. The number of pyridine rings is 2. The van der Waals surface area contributed by atoms with Gasteiger partial charge in [-0.05, 0) is 108 Å². The van der Waals surface area contributed by atoms with Crippen molar-refractivity contribution in [3.8, 4) is 44.8 Å². The Kier molecular flexibility index (Phi) is 6.65. The Bertz CT molecular complexity index is 3300. The Morgan fingerprint density at radius 1 is 0.732 bits per heavy atom. The largest absolute Gasteiger partial charge is 0.500 e. The van der Waals surface area contributed by atoms with Crippen molar-refractivity contribution in [2.75, 3.05) is 0 Å². The second-order valence-electron chi connectivity index (χ2n) is 14.4. The molecule has 1 aliphatic rings. The van der Waals surface area contributed by atoms with E-state index in [1.807, 2.05) is 0 Å². The van der Waals surface area contributed by atoms with Crippen LogP contribution in [-0.2, 0) is 20.1 Å². The summed E-state index contributed by atoms with van der Waals surface area (Å²) < 4.78 is 152. The first-order valence-electron chi connectivity index (χ1n) is 27.0. The number of fused-ring (bicyclic) bond motifs is 3. The van der Waals surface area contributed by atoms with Gasteiger partial charge >= 0.3 is 0 Å². The molecule has 4 heteroatoms. The molecular weight excluding hydrogens is 861 g/mol. The molecule has 0 unspecified atom stereocenters. The third kappa shape index (κ3) is 8.19. The maximum absolute atomic E-state index is 9.30. The Morgan fingerprint density at radius 2 is 1.52 bits per heavy atom. The summed E-state index contributed by atoms with van der Waals surface area (Å²) in [5, 5.41) is 1.23. The number of hydrogen-bond donors (Lipinski definition) is 0. The summed E-state index contributed by atoms with van der Waals surface area (Å²) in [7, 11) is 0. The van der Waals surface area contributed by atoms with Gasteiger partial charge in [0.2, 0.25) is 0 Å². The molecule has 56 heavy (non-hydrogen) atoms. The SMILES string of the molecule is [2H]C([2H])([2H])c1c[c-]c(-c2ccc(C([2H])([2H])[2H])cn2)cc1.[2H]c1c([2H])c([2H])c(-c2cccc3c2oc2c(-c4cc(-c5ccc(C6([2H])CCC(C)(C)CC6)cc5C([2H])([2H])[2H])c(C([2H])([2H])[2H])cn4)[c-]ccc23)c([2H])c1[2H].[Ir]. The zero-order valence-corrected chi connectivity index (χ0v) is 33.1. The van der Waals surface area contributed by atoms with Crippen LogP contribution in [0.5, 0.6) is 0 Å². The summed E-state index contributed by atoms with van der Waals surface area (Å²) in [6.07, 6.45) is 5.33. The van der Waals surface area contributed by atoms with Crippen LogP contribution in [0.4, 0.5) is 0 Å². The molecule has 0 aliphatic heterocycles. The Hall–Kier alpha value is -5.15. The molecule has 0 spiro atoms. The minimum Gasteiger partial charge on any atom is -0.500 e. The van der Waals surface area contributed by atoms with E-state index >= 15 is 0 Å². The van der Waals surface area contributed by atoms with Crippen LogP contribution in [-0.4, -0.2) is 9.97 Å². The quantitative estimate of drug-likeness (QED) is 0.161. The van der Waals surface area contributed by atoms with Gasteiger partial charge in [0.1, 0.15) is 5.58 Å². The average molecular weight is 927 g/mol. The van der Waals surface area contributed by atoms with Gasteiger partial charge in [-0.2, -0.15) is 0 Å². The monoisotopic (exact) mass is 927 g/mol. The first-order valence-corrected chi connectivity index (χ1v) is 18.0. The topological polar surface area (TPSA) is 38.9 Å². The molecule has 0 amide bonds. The third-order valence-electron chi connectivity index (χ3n) is 10.2. The Labute approximate surface area is 370 Å². The Balaban J connectivity index is 0.000000320. The van der Waals surface area contributed by atoms with E-state index in [4.69, 9.17) is 27.7 Å². The molecule has 3 aromatic heterocycles. The van der Waals surface area contributed by atoms with Gasteiger partial charge in [0.05, 0.1) is 12.4 Å². The molecular formula is C52H48IrN2O-2. The molecule has 1 fully saturated rings. The normalized spacial score (nSPS) is 20.0. The summed E-state index contributed by atoms with van der Waals surface area (Å²) in [6.45, 7) is -5.28. The van der Waals surface area contributed by atoms with E-state index in [0.717, 1.165) is 12.8 Å². The van der Waals surface area contributed by atoms with Gasteiger partial charge < -0.3 is 14.4 Å². The fraction of sp³-hybridized carbons (Fsp3) is 0.231. The average Bonchev–Trinajstić information content (AvgIpc) is 3.72. The minimum absolute atomic E-state index is 0. The first-order chi connectivity index (χ1) is 33.9. The minimum atomic E-state index is -2.65. The molecule has 9 rings (SSSR count). The summed E-state index contributed by atoms with van der Waals surface area (Å²) in [6, 6.07) is 26.4. The van der Waals surface area contributed by atoms with Crippen LogP contribution >= 0.6 is 0 Å². The van der Waals surface area contributed by atoms with Crippen LogP contribution in [0.15, 0.2) is 132 Å². The van der Waals surface area contributed by atoms with Crippen molar-refractivity contribution < 1.29 is 49.2 Å². The maximum atomic E-state index is 9.30. The van der Waals surface area contributed by atoms with Crippen molar-refractivity contribution in [1.82, 2.24) is 9.97 Å². The number of furan rings is 1. The van der Waals surface area contributed by atoms with Crippen molar-refractivity contribution in [3.05, 3.63) is 167 Å². The second-order valence-corrected chi connectivity index (χ2v) is 14.4. The molecule has 0 bridgehead atoms. The van der Waals surface area contributed by atoms with Crippen molar-refractivity contribution in [2.45, 2.75) is 72.8 Å². The van der Waals surface area contributed by atoms with Crippen molar-refractivity contribution >= 4 is 21.9 Å². The molecule has 0 N–H and O–H groups in total. The molecule has 3 heterocycles. The maximum Gasteiger partial charge on any atom is 0.128 e. The molecule has 1 radical (unpaired) electrons. The standard InChI is InChI=1S/C39H36NO.C13H12N.Ir/c1-25-22-29(27-18-20-39(3,4)21-19-27)16-17-30(25)35-23-36(40-24-26(35)2)34-15-9-14-33-32-13-8-12-31(37(32)41-38(33)34)28-10-6-5-7-11-28;1-10-3-6-12(7-4-10)13-8-5-11(2)9-14-13;/h5-14,16-17,22-24,27H,18-21H2,1-4H3;3-6,8-9H,1-2H3;/q2*-1;/i1D3,2D3,5D,6D,7D,10D,11D,27D;1D3,2D3;. The summed E-state index contributed by atoms with van der Waals surface area (Å²) >= 11 is 0. The van der Waals surface area contributed by atoms with Gasteiger partial charge in [0, 0.05) is 61.3 Å². The van der Waals surface area contributed by atoms with Gasteiger partial charge in [0.15, 0.2) is 0 Å². The zero-order valence-electron chi connectivity index (χ0n) is 48.7. The molecule has 0 saturated heterocycles. The number of aromatic nitrogens is 2. The van der Waals surface area contributed by atoms with Crippen molar-refractivity contribution in [2.24, 2.45) is 5.41 Å². The van der Waals surface area contributed by atoms with E-state index < -0.39 is 51.4 Å². The first kappa shape index (κ1) is 22.6. The van der Waals surface area contributed by atoms with E-state index in [1.54, 1.807) is 60.7 Å². The number of rotatable bonds is 5. The predicted octanol–water partition coefficient (Wildman–Crippen LogP) is 14.2. The summed E-state index contributed by atoms with van der Waals surface area (Å²) in [5.74, 6) is -0.968. The van der Waals surface area contributed by atoms with Gasteiger partial charge in [-0.1, -0.05) is 116 Å². The summed E-state index contributed by atoms with van der Waals surface area (Å²) in [5.41, 5.74) is 3.87. The zero-order chi connectivity index (χ0) is 53.4. The third-order valence-corrected chi connectivity index (χ3v) is 10.2. The molecule has 5 aromatic carbocycles. The van der Waals surface area contributed by atoms with Gasteiger partial charge in [-0.15, -0.1) is 53.6 Å². The van der Waals surface area contributed by atoms with Crippen LogP contribution in [0.25, 0.3) is 66.7 Å². The van der Waals surface area contributed by atoms with E-state index in [-0.39, 0.29) is 87.8 Å². The van der Waals surface area contributed by atoms with E-state index in [9.17, 15) is 1.37 Å². The summed E-state index contributed by atoms with van der Waals surface area (Å²) in [4.78, 5) is 8.59. The predicted molar refractivity (Wildman–Crippen MR) is 229 cm³/mol. The van der Waals surface area contributed by atoms with Crippen LogP contribution in [0.3, 0.4) is 0 Å². The van der Waals surface area contributed by atoms with Crippen molar-refractivity contribution in [3.63, 3.8) is 0 Å². The number of nitrogens with zero attached hydrogens (tertiary/aromatic N) is 2. The number of benzene rings is 5. The fourth-order valence-corrected chi connectivity index (χ4v) is 7.00. The van der Waals surface area contributed by atoms with Crippen LogP contribution in [0.2, 0.25) is 0 Å². The smallest absolute Gasteiger partial charge is 0.128 e. The van der Waals surface area contributed by atoms with Gasteiger partial charge in [-0.3, -0.25) is 0 Å². The van der Waals surface area contributed by atoms with E-state index in [1.165, 1.54) is 36.7 Å². The Morgan fingerprint density at radius 3 is 2.25 bits per heavy atom.